The number of rotatable bonds is 4. The molecule has 3 heterocycles. The van der Waals surface area contributed by atoms with Crippen LogP contribution in [0.3, 0.4) is 0 Å². The molecule has 0 saturated carbocycles. The fourth-order valence-electron chi connectivity index (χ4n) is 3.72. The summed E-state index contributed by atoms with van der Waals surface area (Å²) < 4.78 is 4.65. The fraction of sp³-hybridized carbons (Fsp3) is 0.389. The van der Waals surface area contributed by atoms with Gasteiger partial charge in [0.25, 0.3) is 0 Å². The number of nitrogens with one attached hydrogen (secondary N) is 1. The number of hydrogen-bond donors (Lipinski definition) is 1. The number of nitrogens with zero attached hydrogens (tertiary/aromatic N) is 2. The Morgan fingerprint density at radius 3 is 2.61 bits per heavy atom. The minimum atomic E-state index is -1.25. The Balaban J connectivity index is 1.67. The van der Waals surface area contributed by atoms with Crippen LogP contribution in [0.4, 0.5) is 5.69 Å². The monoisotopic (exact) mass is 440 g/mol. The second-order valence-electron chi connectivity index (χ2n) is 7.26. The van der Waals surface area contributed by atoms with Gasteiger partial charge in [-0.1, -0.05) is 34.4 Å². The molecule has 10 heteroatoms. The number of thioether (sulfide) groups is 1. The van der Waals surface area contributed by atoms with Crippen molar-refractivity contribution in [3.8, 4) is 11.3 Å². The lowest BCUT2D eigenvalue weighted by molar-refractivity contribution is -0.312. The van der Waals surface area contributed by atoms with Crippen LogP contribution < -0.4 is 10.4 Å². The third-order valence-electron chi connectivity index (χ3n) is 5.03. The van der Waals surface area contributed by atoms with Crippen molar-refractivity contribution in [2.24, 2.45) is 0 Å². The van der Waals surface area contributed by atoms with Crippen molar-refractivity contribution >= 4 is 52.5 Å². The van der Waals surface area contributed by atoms with Gasteiger partial charge in [-0.2, -0.15) is 0 Å². The zero-order chi connectivity index (χ0) is 20.4. The Kier molecular flexibility index (Phi) is 4.56. The Morgan fingerprint density at radius 1 is 1.36 bits per heavy atom. The number of β-lactam (4-membered cyclic amide) rings is 1. The molecule has 2 fully saturated rings. The van der Waals surface area contributed by atoms with Gasteiger partial charge in [-0.05, 0) is 32.9 Å². The lowest BCUT2D eigenvalue weighted by Crippen LogP contribution is -2.69. The summed E-state index contributed by atoms with van der Waals surface area (Å²) >= 11 is 14.0. The molecule has 2 aliphatic heterocycles. The number of carbonyl (C=O) groups is 2. The van der Waals surface area contributed by atoms with Crippen molar-refractivity contribution in [2.75, 3.05) is 5.32 Å². The average Bonchev–Trinajstić information content (AvgIpc) is 3.08. The van der Waals surface area contributed by atoms with Gasteiger partial charge < -0.3 is 24.6 Å². The van der Waals surface area contributed by atoms with E-state index in [1.165, 1.54) is 16.7 Å². The average molecular weight is 441 g/mol. The van der Waals surface area contributed by atoms with Crippen LogP contribution in [0.1, 0.15) is 19.6 Å². The van der Waals surface area contributed by atoms with Gasteiger partial charge >= 0.3 is 0 Å². The zero-order valence-corrected chi connectivity index (χ0v) is 17.5. The molecule has 1 aromatic heterocycles. The Bertz CT molecular complexity index is 973. The lowest BCUT2D eigenvalue weighted by atomic mass is 9.95. The number of benzene rings is 1. The minimum absolute atomic E-state index is 0.311. The predicted molar refractivity (Wildman–Crippen MR) is 105 cm³/mol. The molecule has 3 unspecified atom stereocenters. The Hall–Kier alpha value is -1.90. The summed E-state index contributed by atoms with van der Waals surface area (Å²) in [6.07, 6.45) is 0. The van der Waals surface area contributed by atoms with Crippen LogP contribution in [-0.2, 0) is 9.59 Å². The molecule has 2 saturated heterocycles. The second-order valence-corrected chi connectivity index (χ2v) is 9.85. The van der Waals surface area contributed by atoms with E-state index < -0.39 is 22.8 Å². The number of anilines is 1. The number of aryl methyl sites for hydroxylation is 1. The first-order chi connectivity index (χ1) is 13.1. The molecule has 7 nitrogen and oxygen atoms in total. The quantitative estimate of drug-likeness (QED) is 0.729. The van der Waals surface area contributed by atoms with E-state index in [2.05, 4.69) is 10.5 Å². The summed E-state index contributed by atoms with van der Waals surface area (Å²) in [5.74, 6) is -1.10. The molecular formula is C18H16Cl2N3O4S-. The highest BCUT2D eigenvalue weighted by Gasteiger charge is 2.62. The van der Waals surface area contributed by atoms with Crippen LogP contribution in [0.5, 0.6) is 0 Å². The summed E-state index contributed by atoms with van der Waals surface area (Å²) in [6, 6.07) is 3.50. The van der Waals surface area contributed by atoms with Gasteiger partial charge in [-0.3, -0.25) is 4.79 Å². The molecular weight excluding hydrogens is 425 g/mol. The lowest BCUT2D eigenvalue weighted by Gasteiger charge is -2.45. The molecule has 28 heavy (non-hydrogen) atoms. The molecule has 0 aliphatic carbocycles. The summed E-state index contributed by atoms with van der Waals surface area (Å²) in [6.45, 7) is 5.29. The highest BCUT2D eigenvalue weighted by molar-refractivity contribution is 8.01. The minimum Gasteiger partial charge on any atom is -0.548 e. The number of aromatic nitrogens is 1. The number of hydrogen-bond acceptors (Lipinski definition) is 7. The number of amides is 1. The number of aliphatic carboxylic acids is 1. The van der Waals surface area contributed by atoms with Crippen molar-refractivity contribution < 1.29 is 19.2 Å². The van der Waals surface area contributed by atoms with Crippen molar-refractivity contribution in [1.29, 1.82) is 0 Å². The summed E-state index contributed by atoms with van der Waals surface area (Å²) in [5.41, 5.74) is 1.40. The van der Waals surface area contributed by atoms with E-state index in [4.69, 9.17) is 27.7 Å². The molecule has 1 amide bonds. The van der Waals surface area contributed by atoms with Crippen molar-refractivity contribution in [1.82, 2.24) is 10.1 Å². The van der Waals surface area contributed by atoms with Crippen LogP contribution in [0.2, 0.25) is 10.0 Å². The van der Waals surface area contributed by atoms with E-state index in [0.717, 1.165) is 0 Å². The summed E-state index contributed by atoms with van der Waals surface area (Å²) in [5, 5.41) is 19.2. The maximum absolute atomic E-state index is 12.7. The largest absolute Gasteiger partial charge is 0.548 e. The molecule has 1 aromatic carbocycles. The molecule has 1 N–H and O–H groups in total. The van der Waals surface area contributed by atoms with E-state index in [1.54, 1.807) is 39.0 Å². The first kappa shape index (κ1) is 19.4. The topological polar surface area (TPSA) is 98.5 Å². The fourth-order valence-corrected chi connectivity index (χ4v) is 5.92. The van der Waals surface area contributed by atoms with E-state index in [0.29, 0.717) is 32.8 Å². The van der Waals surface area contributed by atoms with Crippen LogP contribution in [0, 0.1) is 6.92 Å². The van der Waals surface area contributed by atoms with Gasteiger partial charge in [0.05, 0.1) is 22.1 Å². The molecule has 2 aromatic rings. The van der Waals surface area contributed by atoms with Crippen molar-refractivity contribution in [3.63, 3.8) is 0 Å². The molecule has 0 radical (unpaired) electrons. The van der Waals surface area contributed by atoms with Gasteiger partial charge in [0.1, 0.15) is 22.8 Å². The van der Waals surface area contributed by atoms with Crippen molar-refractivity contribution in [3.05, 3.63) is 34.0 Å². The molecule has 2 aliphatic rings. The van der Waals surface area contributed by atoms with Gasteiger partial charge in [-0.25, -0.2) is 0 Å². The first-order valence-electron chi connectivity index (χ1n) is 8.51. The molecule has 0 spiro atoms. The number of carbonyl (C=O) groups excluding carboxylic acids is 2. The van der Waals surface area contributed by atoms with Gasteiger partial charge in [0.15, 0.2) is 5.76 Å². The van der Waals surface area contributed by atoms with Gasteiger partial charge in [-0.15, -0.1) is 11.8 Å². The highest BCUT2D eigenvalue weighted by Crippen LogP contribution is 2.52. The zero-order valence-electron chi connectivity index (χ0n) is 15.2. The molecule has 3 atom stereocenters. The van der Waals surface area contributed by atoms with Crippen LogP contribution in [0.25, 0.3) is 11.3 Å². The Labute approximate surface area is 175 Å². The van der Waals surface area contributed by atoms with Crippen LogP contribution in [0.15, 0.2) is 22.7 Å². The van der Waals surface area contributed by atoms with E-state index in [-0.39, 0.29) is 11.3 Å². The SMILES string of the molecule is Cc1onc(-c2c(Cl)cccc2Cl)c1NC1C(=O)N2C1SC(C)(C)C2C(=O)[O-]. The van der Waals surface area contributed by atoms with Gasteiger partial charge in [0, 0.05) is 10.3 Å². The molecule has 4 rings (SSSR count). The normalized spacial score (nSPS) is 25.4. The summed E-state index contributed by atoms with van der Waals surface area (Å²) in [7, 11) is 0. The third kappa shape index (κ3) is 2.77. The van der Waals surface area contributed by atoms with Crippen LogP contribution in [-0.4, -0.2) is 44.1 Å². The number of carboxylic acid groups (broad SMARTS) is 1. The molecule has 148 valence electrons. The molecule has 0 bridgehead atoms. The predicted octanol–water partition coefficient (Wildman–Crippen LogP) is 2.55. The smallest absolute Gasteiger partial charge is 0.249 e. The van der Waals surface area contributed by atoms with E-state index in [1.807, 2.05) is 0 Å². The first-order valence-corrected chi connectivity index (χ1v) is 10.1. The maximum Gasteiger partial charge on any atom is 0.249 e. The standard InChI is InChI=1S/C18H17Cl2N3O4S/c1-7-11(12(22-27-7)10-8(19)5-4-6-9(10)20)21-13-15(24)23-14(17(25)26)18(2,3)28-16(13)23/h4-6,13-14,16,21H,1-3H3,(H,25,26)/p-1. The number of carboxylic acids is 1. The van der Waals surface area contributed by atoms with E-state index >= 15 is 0 Å². The van der Waals surface area contributed by atoms with Gasteiger partial charge in [0.2, 0.25) is 5.91 Å². The second kappa shape index (κ2) is 6.57. The highest BCUT2D eigenvalue weighted by atomic mass is 35.5. The Morgan fingerprint density at radius 2 is 2.00 bits per heavy atom. The number of fused-ring (bicyclic) bond motifs is 1. The third-order valence-corrected chi connectivity index (χ3v) is 7.23. The van der Waals surface area contributed by atoms with Crippen molar-refractivity contribution in [2.45, 2.75) is 43.0 Å². The van der Waals surface area contributed by atoms with Crippen LogP contribution >= 0.6 is 35.0 Å². The number of halogens is 2. The summed E-state index contributed by atoms with van der Waals surface area (Å²) in [4.78, 5) is 25.6. The maximum atomic E-state index is 12.7. The van der Waals surface area contributed by atoms with E-state index in [9.17, 15) is 14.7 Å².